The second-order valence-corrected chi connectivity index (χ2v) is 4.80. The Labute approximate surface area is 113 Å². The van der Waals surface area contributed by atoms with Crippen molar-refractivity contribution in [2.45, 2.75) is 13.0 Å². The third kappa shape index (κ3) is 3.17. The van der Waals surface area contributed by atoms with Crippen LogP contribution < -0.4 is 15.4 Å². The molecule has 0 aliphatic carbocycles. The molecule has 1 saturated heterocycles. The molecule has 1 aromatic rings. The van der Waals surface area contributed by atoms with Crippen molar-refractivity contribution in [3.63, 3.8) is 0 Å². The Kier molecular flexibility index (Phi) is 4.27. The van der Waals surface area contributed by atoms with Crippen molar-refractivity contribution >= 4 is 11.6 Å². The van der Waals surface area contributed by atoms with Gasteiger partial charge in [-0.2, -0.15) is 0 Å². The number of carbonyl (C=O) groups is 1. The highest BCUT2D eigenvalue weighted by molar-refractivity contribution is 5.79. The van der Waals surface area contributed by atoms with Crippen LogP contribution in [0, 0.1) is 0 Å². The van der Waals surface area contributed by atoms with E-state index < -0.39 is 0 Å². The van der Waals surface area contributed by atoms with Crippen molar-refractivity contribution in [3.8, 4) is 5.75 Å². The molecule has 5 heteroatoms. The zero-order chi connectivity index (χ0) is 13.8. The lowest BCUT2D eigenvalue weighted by atomic mass is 10.2. The first-order chi connectivity index (χ1) is 9.11. The van der Waals surface area contributed by atoms with Crippen LogP contribution in [0.15, 0.2) is 24.3 Å². The van der Waals surface area contributed by atoms with Crippen LogP contribution in [0.1, 0.15) is 6.92 Å². The molecule has 0 spiro atoms. The first-order valence-electron chi connectivity index (χ1n) is 6.54. The Morgan fingerprint density at radius 1 is 1.21 bits per heavy atom. The van der Waals surface area contributed by atoms with Crippen molar-refractivity contribution in [1.29, 1.82) is 0 Å². The molecule has 1 amide bonds. The molecular formula is C14H21N3O2. The molecule has 1 heterocycles. The van der Waals surface area contributed by atoms with E-state index >= 15 is 0 Å². The van der Waals surface area contributed by atoms with Gasteiger partial charge in [0.1, 0.15) is 5.75 Å². The number of hydrogen-bond acceptors (Lipinski definition) is 4. The van der Waals surface area contributed by atoms with Gasteiger partial charge in [-0.15, -0.1) is 0 Å². The standard InChI is InChI=1S/C14H21N3O2/c1-11(14(15)18)16-7-9-17(10-8-16)12-3-5-13(19-2)6-4-12/h3-6,11H,7-10H2,1-2H3,(H2,15,18)/t11-/m1/s1. The van der Waals surface area contributed by atoms with Crippen molar-refractivity contribution in [1.82, 2.24) is 4.90 Å². The van der Waals surface area contributed by atoms with E-state index in [2.05, 4.69) is 21.9 Å². The van der Waals surface area contributed by atoms with E-state index in [0.717, 1.165) is 31.9 Å². The van der Waals surface area contributed by atoms with Crippen LogP contribution in [0.5, 0.6) is 5.75 Å². The van der Waals surface area contributed by atoms with E-state index in [1.807, 2.05) is 19.1 Å². The van der Waals surface area contributed by atoms with Gasteiger partial charge < -0.3 is 15.4 Å². The number of carbonyl (C=O) groups excluding carboxylic acids is 1. The second-order valence-electron chi connectivity index (χ2n) is 4.80. The summed E-state index contributed by atoms with van der Waals surface area (Å²) < 4.78 is 5.15. The van der Waals surface area contributed by atoms with Gasteiger partial charge in [0.05, 0.1) is 13.2 Å². The Balaban J connectivity index is 1.93. The third-order valence-electron chi connectivity index (χ3n) is 3.71. The van der Waals surface area contributed by atoms with Gasteiger partial charge in [-0.25, -0.2) is 0 Å². The Morgan fingerprint density at radius 3 is 2.26 bits per heavy atom. The summed E-state index contributed by atoms with van der Waals surface area (Å²) in [6, 6.07) is 7.87. The highest BCUT2D eigenvalue weighted by Gasteiger charge is 2.23. The van der Waals surface area contributed by atoms with Crippen molar-refractivity contribution in [2.24, 2.45) is 5.73 Å². The minimum absolute atomic E-state index is 0.182. The van der Waals surface area contributed by atoms with E-state index in [0.29, 0.717) is 0 Å². The number of methoxy groups -OCH3 is 1. The predicted molar refractivity (Wildman–Crippen MR) is 75.4 cm³/mol. The lowest BCUT2D eigenvalue weighted by molar-refractivity contribution is -0.122. The SMILES string of the molecule is COc1ccc(N2CCN([C@H](C)C(N)=O)CC2)cc1. The fourth-order valence-electron chi connectivity index (χ4n) is 2.34. The fourth-order valence-corrected chi connectivity index (χ4v) is 2.34. The predicted octanol–water partition coefficient (Wildman–Crippen LogP) is 0.691. The van der Waals surface area contributed by atoms with Gasteiger partial charge in [0.25, 0.3) is 0 Å². The molecule has 1 fully saturated rings. The summed E-state index contributed by atoms with van der Waals surface area (Å²) >= 11 is 0. The number of ether oxygens (including phenoxy) is 1. The van der Waals surface area contributed by atoms with Crippen LogP contribution in [0.25, 0.3) is 0 Å². The molecule has 1 aliphatic rings. The fraction of sp³-hybridized carbons (Fsp3) is 0.500. The van der Waals surface area contributed by atoms with Gasteiger partial charge in [-0.3, -0.25) is 9.69 Å². The minimum Gasteiger partial charge on any atom is -0.497 e. The summed E-state index contributed by atoms with van der Waals surface area (Å²) in [6.07, 6.45) is 0. The maximum Gasteiger partial charge on any atom is 0.234 e. The van der Waals surface area contributed by atoms with E-state index in [-0.39, 0.29) is 11.9 Å². The van der Waals surface area contributed by atoms with Gasteiger partial charge in [0.2, 0.25) is 5.91 Å². The van der Waals surface area contributed by atoms with Gasteiger partial charge in [-0.05, 0) is 31.2 Å². The maximum absolute atomic E-state index is 11.2. The molecular weight excluding hydrogens is 242 g/mol. The van der Waals surface area contributed by atoms with E-state index in [4.69, 9.17) is 10.5 Å². The van der Waals surface area contributed by atoms with Crippen LogP contribution in [0.4, 0.5) is 5.69 Å². The molecule has 1 aliphatic heterocycles. The minimum atomic E-state index is -0.252. The molecule has 19 heavy (non-hydrogen) atoms. The summed E-state index contributed by atoms with van der Waals surface area (Å²) in [5.41, 5.74) is 6.52. The molecule has 0 unspecified atom stereocenters. The van der Waals surface area contributed by atoms with Crippen molar-refractivity contribution in [2.75, 3.05) is 38.2 Å². The maximum atomic E-state index is 11.2. The molecule has 0 radical (unpaired) electrons. The lowest BCUT2D eigenvalue weighted by Crippen LogP contribution is -2.53. The summed E-state index contributed by atoms with van der Waals surface area (Å²) in [4.78, 5) is 15.6. The molecule has 0 bridgehead atoms. The first kappa shape index (κ1) is 13.7. The topological polar surface area (TPSA) is 58.8 Å². The van der Waals surface area contributed by atoms with Gasteiger partial charge in [-0.1, -0.05) is 0 Å². The summed E-state index contributed by atoms with van der Waals surface area (Å²) in [5.74, 6) is 0.614. The molecule has 5 nitrogen and oxygen atoms in total. The van der Waals surface area contributed by atoms with Crippen molar-refractivity contribution in [3.05, 3.63) is 24.3 Å². The Morgan fingerprint density at radius 2 is 1.79 bits per heavy atom. The highest BCUT2D eigenvalue weighted by Crippen LogP contribution is 2.20. The number of rotatable bonds is 4. The average Bonchev–Trinajstić information content (AvgIpc) is 2.46. The number of primary amides is 1. The third-order valence-corrected chi connectivity index (χ3v) is 3.71. The highest BCUT2D eigenvalue weighted by atomic mass is 16.5. The number of amides is 1. The Bertz CT molecular complexity index is 425. The number of nitrogens with two attached hydrogens (primary N) is 1. The first-order valence-corrected chi connectivity index (χ1v) is 6.54. The number of nitrogens with zero attached hydrogens (tertiary/aromatic N) is 2. The zero-order valence-corrected chi connectivity index (χ0v) is 11.5. The van der Waals surface area contributed by atoms with E-state index in [9.17, 15) is 4.79 Å². The monoisotopic (exact) mass is 263 g/mol. The average molecular weight is 263 g/mol. The van der Waals surface area contributed by atoms with E-state index in [1.165, 1.54) is 5.69 Å². The Hall–Kier alpha value is -1.75. The van der Waals surface area contributed by atoms with Crippen LogP contribution in [-0.4, -0.2) is 50.1 Å². The molecule has 104 valence electrons. The van der Waals surface area contributed by atoms with Crippen LogP contribution >= 0.6 is 0 Å². The number of piperazine rings is 1. The summed E-state index contributed by atoms with van der Waals surface area (Å²) in [5, 5.41) is 0. The van der Waals surface area contributed by atoms with Crippen molar-refractivity contribution < 1.29 is 9.53 Å². The summed E-state index contributed by atoms with van der Waals surface area (Å²) in [6.45, 7) is 5.39. The molecule has 2 rings (SSSR count). The molecule has 0 saturated carbocycles. The van der Waals surface area contributed by atoms with Crippen LogP contribution in [-0.2, 0) is 4.79 Å². The smallest absolute Gasteiger partial charge is 0.234 e. The van der Waals surface area contributed by atoms with Crippen LogP contribution in [0.2, 0.25) is 0 Å². The number of hydrogen-bond donors (Lipinski definition) is 1. The number of anilines is 1. The van der Waals surface area contributed by atoms with Gasteiger partial charge in [0, 0.05) is 31.9 Å². The largest absolute Gasteiger partial charge is 0.497 e. The summed E-state index contributed by atoms with van der Waals surface area (Å²) in [7, 11) is 1.67. The van der Waals surface area contributed by atoms with Gasteiger partial charge >= 0.3 is 0 Å². The van der Waals surface area contributed by atoms with Gasteiger partial charge in [0.15, 0.2) is 0 Å². The quantitative estimate of drug-likeness (QED) is 0.868. The molecule has 2 N–H and O–H groups in total. The van der Waals surface area contributed by atoms with Crippen LogP contribution in [0.3, 0.4) is 0 Å². The second kappa shape index (κ2) is 5.93. The molecule has 1 atom stereocenters. The molecule has 0 aromatic heterocycles. The zero-order valence-electron chi connectivity index (χ0n) is 11.5. The normalized spacial score (nSPS) is 18.1. The lowest BCUT2D eigenvalue weighted by Gasteiger charge is -2.38. The molecule has 1 aromatic carbocycles. The number of benzene rings is 1. The van der Waals surface area contributed by atoms with E-state index in [1.54, 1.807) is 7.11 Å².